The fourth-order valence-electron chi connectivity index (χ4n) is 2.15. The highest BCUT2D eigenvalue weighted by Crippen LogP contribution is 2.28. The summed E-state index contributed by atoms with van der Waals surface area (Å²) in [5, 5.41) is 0.746. The van der Waals surface area contributed by atoms with Crippen LogP contribution in [0.2, 0.25) is 5.02 Å². The van der Waals surface area contributed by atoms with Gasteiger partial charge in [0.1, 0.15) is 5.75 Å². The van der Waals surface area contributed by atoms with Gasteiger partial charge in [0, 0.05) is 15.7 Å². The zero-order valence-corrected chi connectivity index (χ0v) is 16.3. The van der Waals surface area contributed by atoms with Crippen LogP contribution in [0.3, 0.4) is 0 Å². The quantitative estimate of drug-likeness (QED) is 0.433. The minimum Gasteiger partial charge on any atom is -0.476 e. The van der Waals surface area contributed by atoms with Crippen molar-refractivity contribution >= 4 is 29.3 Å². The Hall–Kier alpha value is -1.65. The van der Waals surface area contributed by atoms with Crippen LogP contribution in [0.4, 0.5) is 0 Å². The maximum atomic E-state index is 12.1. The van der Waals surface area contributed by atoms with Crippen LogP contribution in [0.25, 0.3) is 0 Å². The summed E-state index contributed by atoms with van der Waals surface area (Å²) in [4.78, 5) is 13.2. The van der Waals surface area contributed by atoms with Crippen molar-refractivity contribution in [1.82, 2.24) is 0 Å². The molecular weight excluding hydrogens is 356 g/mol. The van der Waals surface area contributed by atoms with Gasteiger partial charge in [-0.25, -0.2) is 4.79 Å². The molecule has 0 saturated heterocycles. The molecule has 0 bridgehead atoms. The van der Waals surface area contributed by atoms with Gasteiger partial charge in [-0.1, -0.05) is 30.7 Å². The topological polar surface area (TPSA) is 35.5 Å². The molecule has 5 heteroatoms. The second kappa shape index (κ2) is 9.16. The van der Waals surface area contributed by atoms with Crippen molar-refractivity contribution in [3.63, 3.8) is 0 Å². The molecule has 0 saturated carbocycles. The maximum Gasteiger partial charge on any atom is 0.350 e. The number of carbonyl (C=O) groups excluding carboxylic acids is 1. The Balaban J connectivity index is 1.96. The number of thioether (sulfide) groups is 1. The Labute approximate surface area is 158 Å². The lowest BCUT2D eigenvalue weighted by atomic mass is 10.0. The summed E-state index contributed by atoms with van der Waals surface area (Å²) in [7, 11) is 0. The molecule has 0 heterocycles. The van der Waals surface area contributed by atoms with Crippen LogP contribution in [0.1, 0.15) is 32.8 Å². The maximum absolute atomic E-state index is 12.1. The van der Waals surface area contributed by atoms with Gasteiger partial charge in [-0.15, -0.1) is 11.8 Å². The van der Waals surface area contributed by atoms with Gasteiger partial charge in [0.2, 0.25) is 5.60 Å². The molecule has 0 fully saturated rings. The lowest BCUT2D eigenvalue weighted by Crippen LogP contribution is -2.42. The normalized spacial score (nSPS) is 13.1. The monoisotopic (exact) mass is 378 g/mol. The van der Waals surface area contributed by atoms with Crippen molar-refractivity contribution < 1.29 is 14.3 Å². The Bertz CT molecular complexity index is 685. The molecule has 25 heavy (non-hydrogen) atoms. The number of hydrogen-bond acceptors (Lipinski definition) is 4. The molecule has 2 aromatic carbocycles. The van der Waals surface area contributed by atoms with Gasteiger partial charge >= 0.3 is 5.97 Å². The standard InChI is InChI=1S/C20H23ClO3S/c1-4-20(3,19(22)23-5-2)24-17-10-12-18(13-11-17)25-14-15-6-8-16(21)9-7-15/h6-13H,4-5,14H2,1-3H3. The van der Waals surface area contributed by atoms with Crippen molar-refractivity contribution in [2.24, 2.45) is 0 Å². The van der Waals surface area contributed by atoms with E-state index in [1.807, 2.05) is 55.5 Å². The van der Waals surface area contributed by atoms with E-state index in [0.717, 1.165) is 15.7 Å². The average molecular weight is 379 g/mol. The second-order valence-corrected chi connectivity index (χ2v) is 7.28. The molecule has 3 nitrogen and oxygen atoms in total. The lowest BCUT2D eigenvalue weighted by Gasteiger charge is -2.27. The van der Waals surface area contributed by atoms with Gasteiger partial charge < -0.3 is 9.47 Å². The number of esters is 1. The van der Waals surface area contributed by atoms with Crippen molar-refractivity contribution in [1.29, 1.82) is 0 Å². The van der Waals surface area contributed by atoms with Gasteiger partial charge in [-0.3, -0.25) is 0 Å². The number of ether oxygens (including phenoxy) is 2. The number of carbonyl (C=O) groups is 1. The fourth-order valence-corrected chi connectivity index (χ4v) is 3.13. The van der Waals surface area contributed by atoms with Crippen LogP contribution in [0, 0.1) is 0 Å². The fraction of sp³-hybridized carbons (Fsp3) is 0.350. The summed E-state index contributed by atoms with van der Waals surface area (Å²) in [6, 6.07) is 15.6. The molecule has 0 aliphatic heterocycles. The third-order valence-electron chi connectivity index (χ3n) is 3.87. The SMILES string of the molecule is CCOC(=O)C(C)(CC)Oc1ccc(SCc2ccc(Cl)cc2)cc1. The van der Waals surface area contributed by atoms with Crippen LogP contribution in [-0.2, 0) is 15.3 Å². The molecule has 0 aliphatic rings. The molecule has 1 unspecified atom stereocenters. The van der Waals surface area contributed by atoms with Crippen LogP contribution in [-0.4, -0.2) is 18.2 Å². The van der Waals surface area contributed by atoms with Gasteiger partial charge in [-0.05, 0) is 62.2 Å². The molecule has 134 valence electrons. The molecule has 0 aliphatic carbocycles. The summed E-state index contributed by atoms with van der Waals surface area (Å²) in [5.41, 5.74) is 0.254. The number of rotatable bonds is 8. The third kappa shape index (κ3) is 5.68. The molecule has 0 amide bonds. The van der Waals surface area contributed by atoms with Gasteiger partial charge in [0.05, 0.1) is 6.61 Å². The van der Waals surface area contributed by atoms with Crippen molar-refractivity contribution in [3.05, 3.63) is 59.1 Å². The van der Waals surface area contributed by atoms with E-state index >= 15 is 0 Å². The molecule has 2 aromatic rings. The zero-order valence-electron chi connectivity index (χ0n) is 14.8. The molecule has 0 aromatic heterocycles. The highest BCUT2D eigenvalue weighted by molar-refractivity contribution is 7.98. The van der Waals surface area contributed by atoms with Crippen LogP contribution in [0.5, 0.6) is 5.75 Å². The lowest BCUT2D eigenvalue weighted by molar-refractivity contribution is -0.160. The Morgan fingerprint density at radius 3 is 2.28 bits per heavy atom. The highest BCUT2D eigenvalue weighted by Gasteiger charge is 2.35. The Kier molecular flexibility index (Phi) is 7.21. The summed E-state index contributed by atoms with van der Waals surface area (Å²) in [6.45, 7) is 5.81. The third-order valence-corrected chi connectivity index (χ3v) is 5.20. The first kappa shape index (κ1) is 19.7. The van der Waals surface area contributed by atoms with Crippen molar-refractivity contribution in [3.8, 4) is 5.75 Å². The van der Waals surface area contributed by atoms with E-state index < -0.39 is 5.60 Å². The van der Waals surface area contributed by atoms with Crippen molar-refractivity contribution in [2.45, 2.75) is 43.4 Å². The summed E-state index contributed by atoms with van der Waals surface area (Å²) in [5.74, 6) is 1.19. The predicted octanol–water partition coefficient (Wildman–Crippen LogP) is 5.74. The molecule has 0 spiro atoms. The highest BCUT2D eigenvalue weighted by atomic mass is 35.5. The van der Waals surface area contributed by atoms with E-state index in [-0.39, 0.29) is 5.97 Å². The van der Waals surface area contributed by atoms with E-state index in [4.69, 9.17) is 21.1 Å². The molecule has 0 N–H and O–H groups in total. The van der Waals surface area contributed by atoms with Gasteiger partial charge in [0.15, 0.2) is 0 Å². The van der Waals surface area contributed by atoms with E-state index in [0.29, 0.717) is 18.8 Å². The average Bonchev–Trinajstić information content (AvgIpc) is 2.62. The first-order valence-corrected chi connectivity index (χ1v) is 9.66. The summed E-state index contributed by atoms with van der Waals surface area (Å²) >= 11 is 7.64. The second-order valence-electron chi connectivity index (χ2n) is 5.79. The Morgan fingerprint density at radius 1 is 1.08 bits per heavy atom. The molecular formula is C20H23ClO3S. The number of hydrogen-bond donors (Lipinski definition) is 0. The Morgan fingerprint density at radius 2 is 1.72 bits per heavy atom. The molecule has 0 radical (unpaired) electrons. The van der Waals surface area contributed by atoms with E-state index in [1.165, 1.54) is 5.56 Å². The first-order chi connectivity index (χ1) is 12.0. The van der Waals surface area contributed by atoms with Gasteiger partial charge in [0.25, 0.3) is 0 Å². The summed E-state index contributed by atoms with van der Waals surface area (Å²) < 4.78 is 11.0. The molecule has 2 rings (SSSR count). The number of benzene rings is 2. The van der Waals surface area contributed by atoms with E-state index in [1.54, 1.807) is 25.6 Å². The van der Waals surface area contributed by atoms with Crippen LogP contribution >= 0.6 is 23.4 Å². The van der Waals surface area contributed by atoms with Crippen molar-refractivity contribution in [2.75, 3.05) is 6.61 Å². The van der Waals surface area contributed by atoms with Crippen LogP contribution < -0.4 is 4.74 Å². The minimum atomic E-state index is -0.964. The largest absolute Gasteiger partial charge is 0.476 e. The van der Waals surface area contributed by atoms with E-state index in [9.17, 15) is 4.79 Å². The zero-order chi connectivity index (χ0) is 18.3. The van der Waals surface area contributed by atoms with Gasteiger partial charge in [-0.2, -0.15) is 0 Å². The number of halogens is 1. The first-order valence-electron chi connectivity index (χ1n) is 8.30. The summed E-state index contributed by atoms with van der Waals surface area (Å²) in [6.07, 6.45) is 0.541. The van der Waals surface area contributed by atoms with Crippen LogP contribution in [0.15, 0.2) is 53.4 Å². The predicted molar refractivity (Wildman–Crippen MR) is 103 cm³/mol. The smallest absolute Gasteiger partial charge is 0.350 e. The molecule has 1 atom stereocenters. The minimum absolute atomic E-state index is 0.335. The van der Waals surface area contributed by atoms with E-state index in [2.05, 4.69) is 0 Å².